The van der Waals surface area contributed by atoms with Gasteiger partial charge in [-0.15, -0.1) is 0 Å². The van der Waals surface area contributed by atoms with Gasteiger partial charge in [0.15, 0.2) is 5.65 Å². The van der Waals surface area contributed by atoms with Crippen LogP contribution in [0, 0.1) is 0 Å². The number of likely N-dealkylation sites (N-methyl/N-ethyl adjacent to an activating group) is 1. The van der Waals surface area contributed by atoms with E-state index in [4.69, 9.17) is 14.5 Å². The van der Waals surface area contributed by atoms with Crippen molar-refractivity contribution in [3.05, 3.63) is 35.7 Å². The Hall–Kier alpha value is -3.40. The molecule has 0 unspecified atom stereocenters. The SMILES string of the molecule is COC(=O)N[C@H]1CC[C@H](n2ncc3cnc(Nc4cc5c(cc4OC)CCN(C)C5)nc32)CC1. The van der Waals surface area contributed by atoms with Crippen molar-refractivity contribution in [1.29, 1.82) is 0 Å². The molecule has 0 spiro atoms. The second kappa shape index (κ2) is 9.46. The van der Waals surface area contributed by atoms with Crippen LogP contribution < -0.4 is 15.4 Å². The van der Waals surface area contributed by atoms with E-state index >= 15 is 0 Å². The molecule has 3 heterocycles. The van der Waals surface area contributed by atoms with Gasteiger partial charge in [-0.25, -0.2) is 14.5 Å². The minimum absolute atomic E-state index is 0.132. The lowest BCUT2D eigenvalue weighted by molar-refractivity contribution is 0.160. The van der Waals surface area contributed by atoms with Gasteiger partial charge in [0.05, 0.1) is 37.5 Å². The first-order chi connectivity index (χ1) is 16.5. The molecule has 180 valence electrons. The topological polar surface area (TPSA) is 106 Å². The number of nitrogens with zero attached hydrogens (tertiary/aromatic N) is 5. The molecule has 10 nitrogen and oxygen atoms in total. The summed E-state index contributed by atoms with van der Waals surface area (Å²) in [5.74, 6) is 1.30. The van der Waals surface area contributed by atoms with Crippen LogP contribution in [0.5, 0.6) is 5.75 Å². The van der Waals surface area contributed by atoms with Crippen LogP contribution in [0.1, 0.15) is 42.9 Å². The molecule has 1 aromatic carbocycles. The zero-order chi connectivity index (χ0) is 23.7. The Labute approximate surface area is 198 Å². The molecule has 34 heavy (non-hydrogen) atoms. The number of fused-ring (bicyclic) bond motifs is 2. The van der Waals surface area contributed by atoms with E-state index in [2.05, 4.69) is 44.8 Å². The van der Waals surface area contributed by atoms with Crippen molar-refractivity contribution in [3.63, 3.8) is 0 Å². The Balaban J connectivity index is 1.36. The van der Waals surface area contributed by atoms with Crippen molar-refractivity contribution in [2.75, 3.05) is 33.1 Å². The predicted octanol–water partition coefficient (Wildman–Crippen LogP) is 3.41. The molecule has 2 aliphatic rings. The van der Waals surface area contributed by atoms with Crippen LogP contribution in [0.4, 0.5) is 16.4 Å². The highest BCUT2D eigenvalue weighted by molar-refractivity contribution is 5.76. The average molecular weight is 466 g/mol. The number of nitrogens with one attached hydrogen (secondary N) is 2. The van der Waals surface area contributed by atoms with Crippen molar-refractivity contribution in [2.24, 2.45) is 0 Å². The summed E-state index contributed by atoms with van der Waals surface area (Å²) >= 11 is 0. The minimum atomic E-state index is -0.374. The van der Waals surface area contributed by atoms with Crippen LogP contribution in [-0.2, 0) is 17.7 Å². The van der Waals surface area contributed by atoms with E-state index in [-0.39, 0.29) is 18.2 Å². The zero-order valence-corrected chi connectivity index (χ0v) is 19.9. The quantitative estimate of drug-likeness (QED) is 0.591. The van der Waals surface area contributed by atoms with Gasteiger partial charge in [-0.2, -0.15) is 10.1 Å². The second-order valence-electron chi connectivity index (χ2n) is 9.14. The van der Waals surface area contributed by atoms with Gasteiger partial charge in [0.25, 0.3) is 0 Å². The lowest BCUT2D eigenvalue weighted by Gasteiger charge is -2.29. The highest BCUT2D eigenvalue weighted by Gasteiger charge is 2.26. The number of benzene rings is 1. The van der Waals surface area contributed by atoms with Gasteiger partial charge < -0.3 is 25.0 Å². The number of aromatic nitrogens is 4. The van der Waals surface area contributed by atoms with Crippen molar-refractivity contribution in [3.8, 4) is 5.75 Å². The van der Waals surface area contributed by atoms with E-state index in [1.807, 2.05) is 10.9 Å². The van der Waals surface area contributed by atoms with Gasteiger partial charge in [-0.1, -0.05) is 0 Å². The third-order valence-electron chi connectivity index (χ3n) is 6.86. The summed E-state index contributed by atoms with van der Waals surface area (Å²) < 4.78 is 12.4. The van der Waals surface area contributed by atoms with Crippen LogP contribution >= 0.6 is 0 Å². The summed E-state index contributed by atoms with van der Waals surface area (Å²) in [5.41, 5.74) is 4.28. The molecule has 1 fully saturated rings. The normalized spacial score (nSPS) is 20.6. The van der Waals surface area contributed by atoms with E-state index < -0.39 is 0 Å². The average Bonchev–Trinajstić information content (AvgIpc) is 3.27. The lowest BCUT2D eigenvalue weighted by Crippen LogP contribution is -2.38. The summed E-state index contributed by atoms with van der Waals surface area (Å²) in [5, 5.41) is 11.8. The lowest BCUT2D eigenvalue weighted by atomic mass is 9.91. The zero-order valence-electron chi connectivity index (χ0n) is 19.9. The maximum absolute atomic E-state index is 11.5. The number of hydrogen-bond acceptors (Lipinski definition) is 8. The van der Waals surface area contributed by atoms with Gasteiger partial charge in [0, 0.05) is 25.3 Å². The molecule has 0 atom stereocenters. The molecular formula is C24H31N7O3. The molecule has 3 aromatic rings. The van der Waals surface area contributed by atoms with Crippen LogP contribution in [0.25, 0.3) is 11.0 Å². The van der Waals surface area contributed by atoms with Gasteiger partial charge in [0.2, 0.25) is 5.95 Å². The molecule has 1 aliphatic carbocycles. The molecule has 1 saturated carbocycles. The monoisotopic (exact) mass is 465 g/mol. The van der Waals surface area contributed by atoms with Crippen LogP contribution in [0.3, 0.4) is 0 Å². The molecule has 5 rings (SSSR count). The Kier molecular flexibility index (Phi) is 6.23. The molecule has 1 aliphatic heterocycles. The summed E-state index contributed by atoms with van der Waals surface area (Å²) in [6.07, 6.45) is 7.82. The third-order valence-corrected chi connectivity index (χ3v) is 6.86. The molecule has 2 N–H and O–H groups in total. The smallest absolute Gasteiger partial charge is 0.407 e. The third kappa shape index (κ3) is 4.50. The number of alkyl carbamates (subject to hydrolysis) is 1. The first-order valence-corrected chi connectivity index (χ1v) is 11.7. The fraction of sp³-hybridized carbons (Fsp3) is 0.500. The van der Waals surface area contributed by atoms with Crippen LogP contribution in [-0.4, -0.2) is 64.6 Å². The van der Waals surface area contributed by atoms with Crippen molar-refractivity contribution >= 4 is 28.8 Å². The summed E-state index contributed by atoms with van der Waals surface area (Å²) in [6.45, 7) is 1.96. The molecule has 0 saturated heterocycles. The molecular weight excluding hydrogens is 434 g/mol. The number of rotatable bonds is 5. The number of ether oxygens (including phenoxy) is 2. The van der Waals surface area contributed by atoms with E-state index in [0.717, 1.165) is 67.7 Å². The van der Waals surface area contributed by atoms with E-state index in [9.17, 15) is 4.79 Å². The van der Waals surface area contributed by atoms with Gasteiger partial charge in [-0.05, 0) is 62.4 Å². The van der Waals surface area contributed by atoms with E-state index in [1.165, 1.54) is 18.2 Å². The number of anilines is 2. The molecule has 1 amide bonds. The number of carbonyl (C=O) groups excluding carboxylic acids is 1. The molecule has 2 aromatic heterocycles. The fourth-order valence-corrected chi connectivity index (χ4v) is 4.97. The number of methoxy groups -OCH3 is 2. The second-order valence-corrected chi connectivity index (χ2v) is 9.14. The first kappa shape index (κ1) is 22.4. The van der Waals surface area contributed by atoms with Gasteiger partial charge >= 0.3 is 6.09 Å². The number of carbonyl (C=O) groups is 1. The number of amides is 1. The highest BCUT2D eigenvalue weighted by atomic mass is 16.5. The van der Waals surface area contributed by atoms with E-state index in [1.54, 1.807) is 13.3 Å². The Morgan fingerprint density at radius 2 is 1.94 bits per heavy atom. The predicted molar refractivity (Wildman–Crippen MR) is 128 cm³/mol. The summed E-state index contributed by atoms with van der Waals surface area (Å²) in [4.78, 5) is 23.1. The Bertz CT molecular complexity index is 1190. The summed E-state index contributed by atoms with van der Waals surface area (Å²) in [6, 6.07) is 4.62. The summed E-state index contributed by atoms with van der Waals surface area (Å²) in [7, 11) is 5.21. The standard InChI is InChI=1S/C24H31N7O3/c1-30-9-8-15-11-21(33-2)20(10-16(15)14-30)28-23-25-12-17-13-26-31(22(17)29-23)19-6-4-18(5-7-19)27-24(32)34-3/h10-13,18-19H,4-9,14H2,1-3H3,(H,27,32)(H,25,28,29)/t18-,19-. The van der Waals surface area contributed by atoms with Crippen molar-refractivity contribution in [2.45, 2.75) is 50.7 Å². The highest BCUT2D eigenvalue weighted by Crippen LogP contribution is 2.34. The van der Waals surface area contributed by atoms with E-state index in [0.29, 0.717) is 5.95 Å². The fourth-order valence-electron chi connectivity index (χ4n) is 4.97. The maximum Gasteiger partial charge on any atom is 0.407 e. The van der Waals surface area contributed by atoms with Crippen LogP contribution in [0.15, 0.2) is 24.5 Å². The molecule has 0 radical (unpaired) electrons. The van der Waals surface area contributed by atoms with Gasteiger partial charge in [0.1, 0.15) is 5.75 Å². The van der Waals surface area contributed by atoms with Crippen molar-refractivity contribution in [1.82, 2.24) is 30.0 Å². The van der Waals surface area contributed by atoms with Crippen molar-refractivity contribution < 1.29 is 14.3 Å². The Morgan fingerprint density at radius 1 is 1.12 bits per heavy atom. The first-order valence-electron chi connectivity index (χ1n) is 11.7. The largest absolute Gasteiger partial charge is 0.495 e. The number of hydrogen-bond donors (Lipinski definition) is 2. The Morgan fingerprint density at radius 3 is 2.71 bits per heavy atom. The maximum atomic E-state index is 11.5. The van der Waals surface area contributed by atoms with Gasteiger partial charge in [-0.3, -0.25) is 0 Å². The molecule has 0 bridgehead atoms. The molecule has 10 heteroatoms. The van der Waals surface area contributed by atoms with Crippen LogP contribution in [0.2, 0.25) is 0 Å². The minimum Gasteiger partial charge on any atom is -0.495 e.